The first-order valence-corrected chi connectivity index (χ1v) is 8.19. The molecular weight excluding hydrogens is 356 g/mol. The van der Waals surface area contributed by atoms with E-state index in [0.717, 1.165) is 29.5 Å². The molecule has 3 atom stereocenters. The summed E-state index contributed by atoms with van der Waals surface area (Å²) in [5.74, 6) is 0.275. The number of nitrogens with zero attached hydrogens (tertiary/aromatic N) is 2. The van der Waals surface area contributed by atoms with Gasteiger partial charge in [0.05, 0.1) is 30.0 Å². The van der Waals surface area contributed by atoms with Gasteiger partial charge in [-0.1, -0.05) is 11.6 Å². The number of hydrogen-bond acceptors (Lipinski definition) is 4. The van der Waals surface area contributed by atoms with E-state index in [9.17, 15) is 10.4 Å². The van der Waals surface area contributed by atoms with E-state index in [2.05, 4.69) is 26.9 Å². The lowest BCUT2D eigenvalue weighted by Crippen LogP contribution is -2.49. The molecule has 0 bridgehead atoms. The Kier molecular flexibility index (Phi) is 4.41. The van der Waals surface area contributed by atoms with Gasteiger partial charge in [0.1, 0.15) is 6.07 Å². The van der Waals surface area contributed by atoms with Gasteiger partial charge in [-0.3, -0.25) is 0 Å². The van der Waals surface area contributed by atoms with Gasteiger partial charge in [0, 0.05) is 22.6 Å². The lowest BCUT2D eigenvalue weighted by Gasteiger charge is -2.40. The van der Waals surface area contributed by atoms with E-state index in [1.165, 1.54) is 0 Å². The van der Waals surface area contributed by atoms with Crippen molar-refractivity contribution >= 4 is 33.2 Å². The van der Waals surface area contributed by atoms with Crippen LogP contribution in [0.5, 0.6) is 0 Å². The van der Waals surface area contributed by atoms with E-state index in [1.807, 2.05) is 6.07 Å². The van der Waals surface area contributed by atoms with Crippen LogP contribution in [0.1, 0.15) is 18.4 Å². The highest BCUT2D eigenvalue weighted by Gasteiger charge is 2.41. The van der Waals surface area contributed by atoms with Crippen LogP contribution >= 0.6 is 27.5 Å². The number of aliphatic hydroxyl groups is 1. The molecular formula is C15H16BrClN2O2. The second-order valence-electron chi connectivity index (χ2n) is 5.59. The van der Waals surface area contributed by atoms with E-state index in [0.29, 0.717) is 17.2 Å². The molecule has 112 valence electrons. The molecule has 1 saturated carbocycles. The summed E-state index contributed by atoms with van der Waals surface area (Å²) >= 11 is 9.58. The smallest absolute Gasteiger partial charge is 0.101 e. The van der Waals surface area contributed by atoms with Crippen molar-refractivity contribution in [2.24, 2.45) is 5.92 Å². The Morgan fingerprint density at radius 3 is 3.00 bits per heavy atom. The highest BCUT2D eigenvalue weighted by molar-refractivity contribution is 9.10. The van der Waals surface area contributed by atoms with Crippen molar-refractivity contribution in [1.82, 2.24) is 0 Å². The van der Waals surface area contributed by atoms with E-state index in [-0.39, 0.29) is 24.7 Å². The van der Waals surface area contributed by atoms with E-state index >= 15 is 0 Å². The van der Waals surface area contributed by atoms with Crippen molar-refractivity contribution in [1.29, 1.82) is 5.26 Å². The predicted octanol–water partition coefficient (Wildman–Crippen LogP) is 2.95. The third kappa shape index (κ3) is 2.78. The van der Waals surface area contributed by atoms with E-state index in [4.69, 9.17) is 16.3 Å². The summed E-state index contributed by atoms with van der Waals surface area (Å²) in [7, 11) is 0. The average molecular weight is 372 g/mol. The largest absolute Gasteiger partial charge is 0.396 e. The molecule has 4 nitrogen and oxygen atoms in total. The number of aliphatic hydroxyl groups excluding tert-OH is 1. The summed E-state index contributed by atoms with van der Waals surface area (Å²) in [4.78, 5) is 2.24. The fraction of sp³-hybridized carbons (Fsp3) is 0.533. The highest BCUT2D eigenvalue weighted by atomic mass is 79.9. The quantitative estimate of drug-likeness (QED) is 0.868. The fourth-order valence-electron chi connectivity index (χ4n) is 3.42. The van der Waals surface area contributed by atoms with Crippen LogP contribution in [-0.4, -0.2) is 37.0 Å². The minimum Gasteiger partial charge on any atom is -0.396 e. The second kappa shape index (κ2) is 6.13. The summed E-state index contributed by atoms with van der Waals surface area (Å²) < 4.78 is 6.68. The predicted molar refractivity (Wildman–Crippen MR) is 84.6 cm³/mol. The molecule has 0 unspecified atom stereocenters. The first-order chi connectivity index (χ1) is 10.1. The van der Waals surface area contributed by atoms with Crippen molar-refractivity contribution in [3.63, 3.8) is 0 Å². The van der Waals surface area contributed by atoms with Crippen molar-refractivity contribution in [2.75, 3.05) is 24.7 Å². The first kappa shape index (κ1) is 15.1. The Hall–Kier alpha value is -0.800. The number of fused-ring (bicyclic) bond motifs is 1. The van der Waals surface area contributed by atoms with Crippen LogP contribution in [0.15, 0.2) is 16.6 Å². The van der Waals surface area contributed by atoms with Crippen LogP contribution < -0.4 is 4.90 Å². The maximum atomic E-state index is 9.41. The lowest BCUT2D eigenvalue weighted by molar-refractivity contribution is 0.0230. The van der Waals surface area contributed by atoms with Crippen molar-refractivity contribution < 1.29 is 9.84 Å². The molecule has 1 heterocycles. The molecule has 1 saturated heterocycles. The lowest BCUT2D eigenvalue weighted by atomic mass is 10.1. The highest BCUT2D eigenvalue weighted by Crippen LogP contribution is 2.41. The zero-order valence-corrected chi connectivity index (χ0v) is 13.8. The SMILES string of the molecule is N#Cc1cc(Cl)cc(Br)c1N1CCO[C@H]2C[C@@H](CO)C[C@H]21. The van der Waals surface area contributed by atoms with Gasteiger partial charge in [-0.2, -0.15) is 5.26 Å². The van der Waals surface area contributed by atoms with Crippen molar-refractivity contribution in [3.05, 3.63) is 27.2 Å². The average Bonchev–Trinajstić information content (AvgIpc) is 2.89. The number of ether oxygens (including phenoxy) is 1. The third-order valence-electron chi connectivity index (χ3n) is 4.33. The van der Waals surface area contributed by atoms with Gasteiger partial charge in [-0.05, 0) is 46.8 Å². The number of benzene rings is 1. The molecule has 3 rings (SSSR count). The maximum absolute atomic E-state index is 9.41. The molecule has 0 radical (unpaired) electrons. The third-order valence-corrected chi connectivity index (χ3v) is 5.15. The summed E-state index contributed by atoms with van der Waals surface area (Å²) in [6.45, 7) is 1.57. The van der Waals surface area contributed by atoms with Crippen LogP contribution in [0.25, 0.3) is 0 Å². The number of rotatable bonds is 2. The van der Waals surface area contributed by atoms with Gasteiger partial charge in [-0.15, -0.1) is 0 Å². The topological polar surface area (TPSA) is 56.5 Å². The Bertz CT molecular complexity index is 590. The molecule has 0 aromatic heterocycles. The molecule has 21 heavy (non-hydrogen) atoms. The number of anilines is 1. The summed E-state index contributed by atoms with van der Waals surface area (Å²) in [5, 5.41) is 19.4. The van der Waals surface area contributed by atoms with Gasteiger partial charge in [0.15, 0.2) is 0 Å². The van der Waals surface area contributed by atoms with E-state index < -0.39 is 0 Å². The molecule has 2 fully saturated rings. The second-order valence-corrected chi connectivity index (χ2v) is 6.88. The van der Waals surface area contributed by atoms with Gasteiger partial charge in [0.2, 0.25) is 0 Å². The molecule has 1 aromatic carbocycles. The van der Waals surface area contributed by atoms with Gasteiger partial charge in [-0.25, -0.2) is 0 Å². The molecule has 0 spiro atoms. The maximum Gasteiger partial charge on any atom is 0.101 e. The molecule has 1 N–H and O–H groups in total. The van der Waals surface area contributed by atoms with Crippen molar-refractivity contribution in [2.45, 2.75) is 25.0 Å². The molecule has 0 amide bonds. The number of halogens is 2. The number of nitriles is 1. The minimum absolute atomic E-state index is 0.130. The first-order valence-electron chi connectivity index (χ1n) is 7.02. The molecule has 1 aromatic rings. The van der Waals surface area contributed by atoms with Gasteiger partial charge in [0.25, 0.3) is 0 Å². The summed E-state index contributed by atoms with van der Waals surface area (Å²) in [6, 6.07) is 5.96. The fourth-order valence-corrected chi connectivity index (χ4v) is 4.46. The van der Waals surface area contributed by atoms with Gasteiger partial charge >= 0.3 is 0 Å². The zero-order chi connectivity index (χ0) is 15.0. The Labute approximate surface area is 137 Å². The van der Waals surface area contributed by atoms with Crippen LogP contribution in [0.2, 0.25) is 5.02 Å². The molecule has 6 heteroatoms. The Morgan fingerprint density at radius 1 is 1.48 bits per heavy atom. The molecule has 1 aliphatic carbocycles. The van der Waals surface area contributed by atoms with Crippen LogP contribution in [-0.2, 0) is 4.74 Å². The zero-order valence-electron chi connectivity index (χ0n) is 11.4. The normalized spacial score (nSPS) is 28.3. The van der Waals surface area contributed by atoms with Crippen molar-refractivity contribution in [3.8, 4) is 6.07 Å². The standard InChI is InChI=1S/C15H16BrClN2O2/c16-12-6-11(17)5-10(7-18)15(12)19-1-2-21-14-4-9(8-20)3-13(14)19/h5-6,9,13-14,20H,1-4,8H2/t9-,13+,14-/m0/s1. The Morgan fingerprint density at radius 2 is 2.29 bits per heavy atom. The monoisotopic (exact) mass is 370 g/mol. The van der Waals surface area contributed by atoms with Crippen LogP contribution in [0, 0.1) is 17.2 Å². The molecule has 1 aliphatic heterocycles. The minimum atomic E-state index is 0.130. The van der Waals surface area contributed by atoms with Crippen LogP contribution in [0.4, 0.5) is 5.69 Å². The van der Waals surface area contributed by atoms with E-state index in [1.54, 1.807) is 6.07 Å². The Balaban J connectivity index is 1.98. The number of morpholine rings is 1. The summed E-state index contributed by atoms with van der Waals surface area (Å²) in [6.07, 6.45) is 1.90. The summed E-state index contributed by atoms with van der Waals surface area (Å²) in [5.41, 5.74) is 1.46. The van der Waals surface area contributed by atoms with Gasteiger partial charge < -0.3 is 14.7 Å². The van der Waals surface area contributed by atoms with Crippen LogP contribution in [0.3, 0.4) is 0 Å². The molecule has 2 aliphatic rings. The number of hydrogen-bond donors (Lipinski definition) is 1.